The Hall–Kier alpha value is -1.77. The van der Waals surface area contributed by atoms with Crippen LogP contribution in [0.4, 0.5) is 13.2 Å². The number of benzene rings is 2. The van der Waals surface area contributed by atoms with Crippen molar-refractivity contribution in [2.75, 3.05) is 20.1 Å². The van der Waals surface area contributed by atoms with Gasteiger partial charge in [0.2, 0.25) is 0 Å². The van der Waals surface area contributed by atoms with Crippen molar-refractivity contribution in [3.63, 3.8) is 0 Å². The van der Waals surface area contributed by atoms with Gasteiger partial charge in [0, 0.05) is 20.1 Å². The van der Waals surface area contributed by atoms with Crippen LogP contribution < -0.4 is 10.6 Å². The van der Waals surface area contributed by atoms with Gasteiger partial charge in [-0.3, -0.25) is 4.99 Å². The Balaban J connectivity index is 0.00000312. The molecule has 0 bridgehead atoms. The number of nitrogens with zero attached hydrogens (tertiary/aromatic N) is 1. The van der Waals surface area contributed by atoms with Crippen molar-refractivity contribution in [1.82, 2.24) is 10.6 Å². The Morgan fingerprint density at radius 3 is 2.28 bits per heavy atom. The first-order chi connectivity index (χ1) is 11.6. The van der Waals surface area contributed by atoms with Crippen LogP contribution >= 0.6 is 24.0 Å². The number of nitrogens with one attached hydrogen (secondary N) is 2. The summed E-state index contributed by atoms with van der Waals surface area (Å²) in [6.07, 6.45) is 0.991. The molecule has 0 heterocycles. The van der Waals surface area contributed by atoms with Crippen LogP contribution in [0.3, 0.4) is 0 Å². The van der Waals surface area contributed by atoms with Gasteiger partial charge in [0.1, 0.15) is 17.5 Å². The van der Waals surface area contributed by atoms with E-state index in [9.17, 15) is 13.2 Å². The molecule has 0 aliphatic rings. The molecular weight excluding hydrogens is 442 g/mol. The molecule has 0 spiro atoms. The topological polar surface area (TPSA) is 36.4 Å². The van der Waals surface area contributed by atoms with Gasteiger partial charge in [0.25, 0.3) is 0 Å². The van der Waals surface area contributed by atoms with Gasteiger partial charge < -0.3 is 10.6 Å². The van der Waals surface area contributed by atoms with E-state index >= 15 is 0 Å². The van der Waals surface area contributed by atoms with Crippen LogP contribution in [0.15, 0.2) is 47.5 Å². The first-order valence-corrected chi connectivity index (χ1v) is 7.71. The second-order valence-corrected chi connectivity index (χ2v) is 5.29. The molecule has 0 saturated carbocycles. The largest absolute Gasteiger partial charge is 0.356 e. The monoisotopic (exact) mass is 463 g/mol. The van der Waals surface area contributed by atoms with Crippen LogP contribution in [-0.4, -0.2) is 26.1 Å². The SMILES string of the molecule is CN=C(NCCc1cccc(F)c1)NCCc1cc(F)ccc1F.I. The summed E-state index contributed by atoms with van der Waals surface area (Å²) in [6, 6.07) is 9.83. The lowest BCUT2D eigenvalue weighted by atomic mass is 10.1. The van der Waals surface area contributed by atoms with Gasteiger partial charge in [-0.2, -0.15) is 0 Å². The zero-order valence-corrected chi connectivity index (χ0v) is 16.2. The molecule has 2 rings (SSSR count). The molecule has 0 atom stereocenters. The van der Waals surface area contributed by atoms with E-state index in [0.29, 0.717) is 37.5 Å². The van der Waals surface area contributed by atoms with E-state index in [1.54, 1.807) is 13.1 Å². The van der Waals surface area contributed by atoms with E-state index in [-0.39, 0.29) is 29.8 Å². The third kappa shape index (κ3) is 7.33. The molecule has 0 saturated heterocycles. The highest BCUT2D eigenvalue weighted by atomic mass is 127. The van der Waals surface area contributed by atoms with E-state index in [0.717, 1.165) is 17.7 Å². The average molecular weight is 463 g/mol. The molecule has 0 fully saturated rings. The van der Waals surface area contributed by atoms with Crippen molar-refractivity contribution in [2.24, 2.45) is 4.99 Å². The van der Waals surface area contributed by atoms with Gasteiger partial charge >= 0.3 is 0 Å². The van der Waals surface area contributed by atoms with Crippen LogP contribution in [-0.2, 0) is 12.8 Å². The molecule has 3 nitrogen and oxygen atoms in total. The molecular formula is C18H21F3IN3. The fourth-order valence-electron chi connectivity index (χ4n) is 2.29. The van der Waals surface area contributed by atoms with E-state index in [1.165, 1.54) is 18.2 Å². The van der Waals surface area contributed by atoms with Crippen molar-refractivity contribution in [3.05, 3.63) is 71.0 Å². The van der Waals surface area contributed by atoms with Gasteiger partial charge in [0.05, 0.1) is 0 Å². The molecule has 0 amide bonds. The summed E-state index contributed by atoms with van der Waals surface area (Å²) in [7, 11) is 1.63. The Morgan fingerprint density at radius 2 is 1.60 bits per heavy atom. The number of aliphatic imine (C=N–C) groups is 1. The third-order valence-electron chi connectivity index (χ3n) is 3.51. The lowest BCUT2D eigenvalue weighted by Gasteiger charge is -2.12. The van der Waals surface area contributed by atoms with Crippen molar-refractivity contribution >= 4 is 29.9 Å². The number of rotatable bonds is 6. The van der Waals surface area contributed by atoms with E-state index in [2.05, 4.69) is 15.6 Å². The smallest absolute Gasteiger partial charge is 0.190 e. The molecule has 2 N–H and O–H groups in total. The summed E-state index contributed by atoms with van der Waals surface area (Å²) in [4.78, 5) is 4.06. The minimum atomic E-state index is -0.455. The zero-order valence-electron chi connectivity index (χ0n) is 13.9. The molecule has 0 aromatic heterocycles. The fraction of sp³-hybridized carbons (Fsp3) is 0.278. The van der Waals surface area contributed by atoms with Crippen molar-refractivity contribution in [3.8, 4) is 0 Å². The van der Waals surface area contributed by atoms with Crippen molar-refractivity contribution < 1.29 is 13.2 Å². The van der Waals surface area contributed by atoms with Gasteiger partial charge in [0.15, 0.2) is 5.96 Å². The Bertz CT molecular complexity index is 708. The second-order valence-electron chi connectivity index (χ2n) is 5.29. The summed E-state index contributed by atoms with van der Waals surface area (Å²) >= 11 is 0. The number of hydrogen-bond donors (Lipinski definition) is 2. The lowest BCUT2D eigenvalue weighted by molar-refractivity contribution is 0.583. The van der Waals surface area contributed by atoms with E-state index < -0.39 is 11.6 Å². The molecule has 2 aromatic carbocycles. The number of hydrogen-bond acceptors (Lipinski definition) is 1. The maximum absolute atomic E-state index is 13.5. The summed E-state index contributed by atoms with van der Waals surface area (Å²) in [5.74, 6) is -0.577. The minimum absolute atomic E-state index is 0. The Labute approximate surface area is 162 Å². The molecule has 2 aromatic rings. The van der Waals surface area contributed by atoms with Crippen LogP contribution in [0.2, 0.25) is 0 Å². The maximum atomic E-state index is 13.5. The molecule has 25 heavy (non-hydrogen) atoms. The van der Waals surface area contributed by atoms with Gasteiger partial charge in [-0.05, 0) is 54.3 Å². The zero-order chi connectivity index (χ0) is 17.4. The van der Waals surface area contributed by atoms with Crippen LogP contribution in [0, 0.1) is 17.5 Å². The normalized spacial score (nSPS) is 11.0. The predicted octanol–water partition coefficient (Wildman–Crippen LogP) is 3.67. The summed E-state index contributed by atoms with van der Waals surface area (Å²) in [6.45, 7) is 0.997. The van der Waals surface area contributed by atoms with Gasteiger partial charge in [-0.25, -0.2) is 13.2 Å². The van der Waals surface area contributed by atoms with Crippen molar-refractivity contribution in [2.45, 2.75) is 12.8 Å². The molecule has 0 unspecified atom stereocenters. The summed E-state index contributed by atoms with van der Waals surface area (Å²) in [5.41, 5.74) is 1.21. The van der Waals surface area contributed by atoms with E-state index in [1.807, 2.05) is 6.07 Å². The number of guanidine groups is 1. The highest BCUT2D eigenvalue weighted by Gasteiger charge is 2.04. The Kier molecular flexibility index (Phi) is 9.33. The molecule has 0 radical (unpaired) electrons. The first kappa shape index (κ1) is 21.3. The number of halogens is 4. The highest BCUT2D eigenvalue weighted by molar-refractivity contribution is 14.0. The van der Waals surface area contributed by atoms with E-state index in [4.69, 9.17) is 0 Å². The summed E-state index contributed by atoms with van der Waals surface area (Å²) in [5, 5.41) is 6.14. The quantitative estimate of drug-likeness (QED) is 0.390. The first-order valence-electron chi connectivity index (χ1n) is 7.71. The Morgan fingerprint density at radius 1 is 0.920 bits per heavy atom. The van der Waals surface area contributed by atoms with Gasteiger partial charge in [-0.15, -0.1) is 24.0 Å². The average Bonchev–Trinajstić information content (AvgIpc) is 2.56. The standard InChI is InChI=1S/C18H20F3N3.HI/c1-22-18(23-9-7-13-3-2-4-15(19)11-13)24-10-8-14-12-16(20)5-6-17(14)21;/h2-6,11-12H,7-10H2,1H3,(H2,22,23,24);1H. The minimum Gasteiger partial charge on any atom is -0.356 e. The van der Waals surface area contributed by atoms with Crippen LogP contribution in [0.5, 0.6) is 0 Å². The molecule has 7 heteroatoms. The predicted molar refractivity (Wildman–Crippen MR) is 105 cm³/mol. The summed E-state index contributed by atoms with van der Waals surface area (Å²) < 4.78 is 39.7. The van der Waals surface area contributed by atoms with Gasteiger partial charge in [-0.1, -0.05) is 12.1 Å². The molecule has 0 aliphatic heterocycles. The lowest BCUT2D eigenvalue weighted by Crippen LogP contribution is -2.39. The highest BCUT2D eigenvalue weighted by Crippen LogP contribution is 2.09. The van der Waals surface area contributed by atoms with Crippen molar-refractivity contribution in [1.29, 1.82) is 0 Å². The maximum Gasteiger partial charge on any atom is 0.190 e. The van der Waals surface area contributed by atoms with Crippen LogP contribution in [0.1, 0.15) is 11.1 Å². The molecule has 0 aliphatic carbocycles. The second kappa shape index (κ2) is 11.0. The third-order valence-corrected chi connectivity index (χ3v) is 3.51. The fourth-order valence-corrected chi connectivity index (χ4v) is 2.29. The molecule has 136 valence electrons. The van der Waals surface area contributed by atoms with Crippen LogP contribution in [0.25, 0.3) is 0 Å².